The Hall–Kier alpha value is -2.40. The number of carboxylic acid groups (broad SMARTS) is 1. The van der Waals surface area contributed by atoms with Gasteiger partial charge < -0.3 is 10.4 Å². The van der Waals surface area contributed by atoms with Gasteiger partial charge in [-0.25, -0.2) is 9.78 Å². The fourth-order valence-electron chi connectivity index (χ4n) is 2.04. The average Bonchev–Trinajstić information content (AvgIpc) is 2.79. The van der Waals surface area contributed by atoms with Crippen LogP contribution in [0, 0.1) is 6.92 Å². The number of hydrogen-bond donors (Lipinski definition) is 2. The minimum absolute atomic E-state index is 0.110. The zero-order valence-electron chi connectivity index (χ0n) is 10.8. The van der Waals surface area contributed by atoms with Gasteiger partial charge in [-0.1, -0.05) is 30.3 Å². The van der Waals surface area contributed by atoms with Crippen molar-refractivity contribution in [3.05, 3.63) is 53.0 Å². The molecule has 0 fully saturated rings. The van der Waals surface area contributed by atoms with Gasteiger partial charge in [0.1, 0.15) is 0 Å². The standard InChI is InChI=1S/C15H12N2O2S/c1-9-13(14(18)19)17-15(20-9)16-12-7-6-10-4-2-3-5-11(10)8-12/h2-8H,1H3,(H,16,17)(H,18,19). The Morgan fingerprint density at radius 1 is 1.20 bits per heavy atom. The number of aromatic nitrogens is 1. The Morgan fingerprint density at radius 3 is 2.65 bits per heavy atom. The molecule has 2 N–H and O–H groups in total. The predicted octanol–water partition coefficient (Wildman–Crippen LogP) is 4.05. The van der Waals surface area contributed by atoms with Crippen LogP contribution in [0.25, 0.3) is 10.8 Å². The van der Waals surface area contributed by atoms with Gasteiger partial charge in [0, 0.05) is 10.6 Å². The molecule has 0 radical (unpaired) electrons. The molecule has 0 aliphatic heterocycles. The minimum Gasteiger partial charge on any atom is -0.476 e. The average molecular weight is 284 g/mol. The van der Waals surface area contributed by atoms with Crippen LogP contribution in [0.4, 0.5) is 10.8 Å². The molecule has 20 heavy (non-hydrogen) atoms. The molecule has 4 nitrogen and oxygen atoms in total. The molecule has 0 aliphatic rings. The van der Waals surface area contributed by atoms with Crippen LogP contribution < -0.4 is 5.32 Å². The van der Waals surface area contributed by atoms with Crippen molar-refractivity contribution in [2.75, 3.05) is 5.32 Å². The summed E-state index contributed by atoms with van der Waals surface area (Å²) in [5.41, 5.74) is 1.01. The maximum absolute atomic E-state index is 11.0. The molecule has 0 spiro atoms. The van der Waals surface area contributed by atoms with Crippen LogP contribution in [0.2, 0.25) is 0 Å². The third kappa shape index (κ3) is 2.35. The second-order valence-electron chi connectivity index (χ2n) is 4.42. The number of carbonyl (C=O) groups is 1. The highest BCUT2D eigenvalue weighted by atomic mass is 32.1. The lowest BCUT2D eigenvalue weighted by Crippen LogP contribution is -1.99. The molecule has 0 aliphatic carbocycles. The van der Waals surface area contributed by atoms with Gasteiger partial charge in [-0.05, 0) is 29.8 Å². The summed E-state index contributed by atoms with van der Waals surface area (Å²) in [6.07, 6.45) is 0. The first-order valence-electron chi connectivity index (χ1n) is 6.10. The maximum Gasteiger partial charge on any atom is 0.355 e. The minimum atomic E-state index is -0.995. The number of hydrogen-bond acceptors (Lipinski definition) is 4. The molecule has 0 saturated heterocycles. The van der Waals surface area contributed by atoms with Crippen LogP contribution in [-0.2, 0) is 0 Å². The van der Waals surface area contributed by atoms with E-state index in [1.54, 1.807) is 6.92 Å². The topological polar surface area (TPSA) is 62.2 Å². The molecular weight excluding hydrogens is 272 g/mol. The van der Waals surface area contributed by atoms with E-state index in [0.717, 1.165) is 11.1 Å². The van der Waals surface area contributed by atoms with Crippen LogP contribution in [0.3, 0.4) is 0 Å². The number of anilines is 2. The number of nitrogens with zero attached hydrogens (tertiary/aromatic N) is 1. The van der Waals surface area contributed by atoms with E-state index < -0.39 is 5.97 Å². The van der Waals surface area contributed by atoms with Gasteiger partial charge in [0.25, 0.3) is 0 Å². The fraction of sp³-hybridized carbons (Fsp3) is 0.0667. The quantitative estimate of drug-likeness (QED) is 0.761. The van der Waals surface area contributed by atoms with Crippen LogP contribution in [0.15, 0.2) is 42.5 Å². The summed E-state index contributed by atoms with van der Waals surface area (Å²) in [6, 6.07) is 14.1. The summed E-state index contributed by atoms with van der Waals surface area (Å²) in [5, 5.41) is 15.0. The summed E-state index contributed by atoms with van der Waals surface area (Å²) < 4.78 is 0. The van der Waals surface area contributed by atoms with E-state index >= 15 is 0 Å². The highest BCUT2D eigenvalue weighted by molar-refractivity contribution is 7.15. The lowest BCUT2D eigenvalue weighted by Gasteiger charge is -2.04. The zero-order valence-corrected chi connectivity index (χ0v) is 11.6. The van der Waals surface area contributed by atoms with Gasteiger partial charge in [-0.15, -0.1) is 11.3 Å². The summed E-state index contributed by atoms with van der Waals surface area (Å²) >= 11 is 1.34. The van der Waals surface area contributed by atoms with Crippen molar-refractivity contribution >= 4 is 38.9 Å². The van der Waals surface area contributed by atoms with Crippen LogP contribution >= 0.6 is 11.3 Å². The van der Waals surface area contributed by atoms with Gasteiger partial charge in [0.2, 0.25) is 0 Å². The summed E-state index contributed by atoms with van der Waals surface area (Å²) in [4.78, 5) is 15.8. The first kappa shape index (κ1) is 12.6. The number of rotatable bonds is 3. The van der Waals surface area contributed by atoms with E-state index in [9.17, 15) is 4.79 Å². The van der Waals surface area contributed by atoms with E-state index in [-0.39, 0.29) is 5.69 Å². The molecule has 3 rings (SSSR count). The normalized spacial score (nSPS) is 10.7. The van der Waals surface area contributed by atoms with Crippen molar-refractivity contribution in [2.24, 2.45) is 0 Å². The van der Waals surface area contributed by atoms with E-state index in [1.807, 2.05) is 36.4 Å². The Balaban J connectivity index is 1.92. The lowest BCUT2D eigenvalue weighted by molar-refractivity contribution is 0.0690. The molecule has 1 aromatic heterocycles. The van der Waals surface area contributed by atoms with E-state index in [2.05, 4.69) is 16.4 Å². The molecule has 0 amide bonds. The summed E-state index contributed by atoms with van der Waals surface area (Å²) in [6.45, 7) is 1.76. The van der Waals surface area contributed by atoms with Crippen molar-refractivity contribution in [2.45, 2.75) is 6.92 Å². The van der Waals surface area contributed by atoms with Crippen molar-refractivity contribution in [1.82, 2.24) is 4.98 Å². The Bertz CT molecular complexity index is 795. The van der Waals surface area contributed by atoms with Gasteiger partial charge in [0.05, 0.1) is 0 Å². The van der Waals surface area contributed by atoms with Crippen molar-refractivity contribution in [3.8, 4) is 0 Å². The van der Waals surface area contributed by atoms with E-state index in [0.29, 0.717) is 10.0 Å². The molecular formula is C15H12N2O2S. The number of carboxylic acids is 1. The van der Waals surface area contributed by atoms with Crippen LogP contribution in [0.5, 0.6) is 0 Å². The van der Waals surface area contributed by atoms with Crippen molar-refractivity contribution < 1.29 is 9.90 Å². The number of aryl methyl sites for hydroxylation is 1. The second kappa shape index (κ2) is 4.94. The van der Waals surface area contributed by atoms with Crippen LogP contribution in [-0.4, -0.2) is 16.1 Å². The highest BCUT2D eigenvalue weighted by Crippen LogP contribution is 2.27. The number of aromatic carboxylic acids is 1. The molecule has 100 valence electrons. The third-order valence-electron chi connectivity index (χ3n) is 3.00. The largest absolute Gasteiger partial charge is 0.476 e. The molecule has 0 bridgehead atoms. The lowest BCUT2D eigenvalue weighted by atomic mass is 10.1. The monoisotopic (exact) mass is 284 g/mol. The predicted molar refractivity (Wildman–Crippen MR) is 81.0 cm³/mol. The number of fused-ring (bicyclic) bond motifs is 1. The first-order chi connectivity index (χ1) is 9.63. The number of benzene rings is 2. The number of thiazole rings is 1. The second-order valence-corrected chi connectivity index (χ2v) is 5.62. The first-order valence-corrected chi connectivity index (χ1v) is 6.92. The molecule has 2 aromatic carbocycles. The van der Waals surface area contributed by atoms with Crippen LogP contribution in [0.1, 0.15) is 15.4 Å². The zero-order chi connectivity index (χ0) is 14.1. The molecule has 0 atom stereocenters. The molecule has 0 saturated carbocycles. The Labute approximate surface area is 119 Å². The van der Waals surface area contributed by atoms with E-state index in [4.69, 9.17) is 5.11 Å². The fourth-order valence-corrected chi connectivity index (χ4v) is 2.86. The summed E-state index contributed by atoms with van der Waals surface area (Å²) in [5.74, 6) is -0.995. The molecule has 1 heterocycles. The maximum atomic E-state index is 11.0. The third-order valence-corrected chi connectivity index (χ3v) is 3.89. The van der Waals surface area contributed by atoms with Crippen molar-refractivity contribution in [3.63, 3.8) is 0 Å². The van der Waals surface area contributed by atoms with Gasteiger partial charge in [0.15, 0.2) is 10.8 Å². The Morgan fingerprint density at radius 2 is 1.95 bits per heavy atom. The molecule has 3 aromatic rings. The molecule has 0 unspecified atom stereocenters. The van der Waals surface area contributed by atoms with Gasteiger partial charge >= 0.3 is 5.97 Å². The SMILES string of the molecule is Cc1sc(Nc2ccc3ccccc3c2)nc1C(=O)O. The smallest absolute Gasteiger partial charge is 0.355 e. The molecule has 5 heteroatoms. The van der Waals surface area contributed by atoms with E-state index in [1.165, 1.54) is 16.7 Å². The highest BCUT2D eigenvalue weighted by Gasteiger charge is 2.13. The summed E-state index contributed by atoms with van der Waals surface area (Å²) in [7, 11) is 0. The van der Waals surface area contributed by atoms with Gasteiger partial charge in [-0.3, -0.25) is 0 Å². The number of nitrogens with one attached hydrogen (secondary N) is 1. The Kier molecular flexibility index (Phi) is 3.12. The van der Waals surface area contributed by atoms with Gasteiger partial charge in [-0.2, -0.15) is 0 Å². The van der Waals surface area contributed by atoms with Crippen molar-refractivity contribution in [1.29, 1.82) is 0 Å².